The molecule has 0 bridgehead atoms. The molecule has 2 heterocycles. The number of carbonyl (C=O) groups excluding carboxylic acids is 1. The standard InChI is InChI=1S/C21H20N4O/c26-21(25-13-11-17-8-4-5-9-19(17)25)18-14-24-20(15-23-18)22-12-10-16-6-2-1-3-7-16/h1-9,14-15H,10-13H2,(H,22,24). The van der Waals surface area contributed by atoms with E-state index in [0.717, 1.165) is 25.1 Å². The zero-order chi connectivity index (χ0) is 17.8. The number of hydrogen-bond donors (Lipinski definition) is 1. The van der Waals surface area contributed by atoms with Gasteiger partial charge in [-0.1, -0.05) is 48.5 Å². The van der Waals surface area contributed by atoms with Crippen molar-refractivity contribution in [1.29, 1.82) is 0 Å². The Morgan fingerprint density at radius 2 is 1.81 bits per heavy atom. The predicted molar refractivity (Wildman–Crippen MR) is 102 cm³/mol. The lowest BCUT2D eigenvalue weighted by Crippen LogP contribution is -2.29. The number of carbonyl (C=O) groups is 1. The minimum atomic E-state index is -0.0988. The summed E-state index contributed by atoms with van der Waals surface area (Å²) in [6.45, 7) is 1.46. The van der Waals surface area contributed by atoms with E-state index < -0.39 is 0 Å². The maximum atomic E-state index is 12.7. The second-order valence-corrected chi connectivity index (χ2v) is 6.28. The van der Waals surface area contributed by atoms with Crippen LogP contribution >= 0.6 is 0 Å². The van der Waals surface area contributed by atoms with Gasteiger partial charge in [-0.3, -0.25) is 4.79 Å². The van der Waals surface area contributed by atoms with Crippen molar-refractivity contribution in [2.45, 2.75) is 12.8 Å². The van der Waals surface area contributed by atoms with Gasteiger partial charge in [-0.2, -0.15) is 0 Å². The number of aromatic nitrogens is 2. The maximum absolute atomic E-state index is 12.7. The normalized spacial score (nSPS) is 12.7. The van der Waals surface area contributed by atoms with E-state index >= 15 is 0 Å². The Balaban J connectivity index is 1.38. The Hall–Kier alpha value is -3.21. The van der Waals surface area contributed by atoms with Crippen LogP contribution in [0.3, 0.4) is 0 Å². The van der Waals surface area contributed by atoms with E-state index in [1.54, 1.807) is 17.3 Å². The smallest absolute Gasteiger partial charge is 0.278 e. The van der Waals surface area contributed by atoms with Gasteiger partial charge in [0.15, 0.2) is 0 Å². The number of rotatable bonds is 5. The van der Waals surface area contributed by atoms with Gasteiger partial charge in [0.25, 0.3) is 5.91 Å². The van der Waals surface area contributed by atoms with Crippen molar-refractivity contribution in [2.75, 3.05) is 23.3 Å². The molecule has 1 aromatic heterocycles. The van der Waals surface area contributed by atoms with Crippen LogP contribution in [0.25, 0.3) is 0 Å². The molecule has 130 valence electrons. The van der Waals surface area contributed by atoms with Crippen molar-refractivity contribution < 1.29 is 4.79 Å². The first-order valence-electron chi connectivity index (χ1n) is 8.81. The summed E-state index contributed by atoms with van der Waals surface area (Å²) in [6, 6.07) is 18.3. The third-order valence-corrected chi connectivity index (χ3v) is 4.57. The van der Waals surface area contributed by atoms with Crippen LogP contribution in [0.2, 0.25) is 0 Å². The Kier molecular flexibility index (Phi) is 4.60. The summed E-state index contributed by atoms with van der Waals surface area (Å²) in [7, 11) is 0. The number of benzene rings is 2. The molecule has 26 heavy (non-hydrogen) atoms. The molecule has 0 saturated carbocycles. The van der Waals surface area contributed by atoms with Gasteiger partial charge in [0.1, 0.15) is 11.5 Å². The molecular formula is C21H20N4O. The van der Waals surface area contributed by atoms with Crippen LogP contribution in [-0.2, 0) is 12.8 Å². The first-order chi connectivity index (χ1) is 12.8. The Labute approximate surface area is 152 Å². The average molecular weight is 344 g/mol. The molecule has 0 spiro atoms. The summed E-state index contributed by atoms with van der Waals surface area (Å²) in [5, 5.41) is 3.25. The van der Waals surface area contributed by atoms with Gasteiger partial charge in [0, 0.05) is 18.8 Å². The monoisotopic (exact) mass is 344 g/mol. The number of nitrogens with zero attached hydrogens (tertiary/aromatic N) is 3. The molecule has 5 heteroatoms. The Bertz CT molecular complexity index is 893. The van der Waals surface area contributed by atoms with Crippen LogP contribution in [-0.4, -0.2) is 29.0 Å². The summed E-state index contributed by atoms with van der Waals surface area (Å²) in [5.74, 6) is 0.581. The van der Waals surface area contributed by atoms with E-state index in [1.165, 1.54) is 11.1 Å². The SMILES string of the molecule is O=C(c1cnc(NCCc2ccccc2)cn1)N1CCc2ccccc21. The molecule has 1 N–H and O–H groups in total. The van der Waals surface area contributed by atoms with Crippen molar-refractivity contribution in [2.24, 2.45) is 0 Å². The van der Waals surface area contributed by atoms with Crippen LogP contribution in [0, 0.1) is 0 Å². The first kappa shape index (κ1) is 16.3. The van der Waals surface area contributed by atoms with Gasteiger partial charge in [-0.25, -0.2) is 9.97 Å². The van der Waals surface area contributed by atoms with E-state index in [-0.39, 0.29) is 5.91 Å². The fourth-order valence-electron chi connectivity index (χ4n) is 3.20. The molecule has 0 radical (unpaired) electrons. The largest absolute Gasteiger partial charge is 0.368 e. The summed E-state index contributed by atoms with van der Waals surface area (Å²) >= 11 is 0. The van der Waals surface area contributed by atoms with Crippen molar-refractivity contribution in [3.63, 3.8) is 0 Å². The highest BCUT2D eigenvalue weighted by atomic mass is 16.2. The molecule has 0 atom stereocenters. The lowest BCUT2D eigenvalue weighted by Gasteiger charge is -2.16. The van der Waals surface area contributed by atoms with E-state index in [1.807, 2.05) is 36.4 Å². The van der Waals surface area contributed by atoms with Crippen molar-refractivity contribution in [1.82, 2.24) is 9.97 Å². The third kappa shape index (κ3) is 3.42. The maximum Gasteiger partial charge on any atom is 0.278 e. The molecule has 3 aromatic rings. The third-order valence-electron chi connectivity index (χ3n) is 4.57. The number of para-hydroxylation sites is 1. The molecule has 0 aliphatic carbocycles. The highest BCUT2D eigenvalue weighted by Crippen LogP contribution is 2.28. The van der Waals surface area contributed by atoms with Crippen LogP contribution in [0.15, 0.2) is 67.0 Å². The number of hydrogen-bond acceptors (Lipinski definition) is 4. The van der Waals surface area contributed by atoms with Gasteiger partial charge in [0.05, 0.1) is 12.4 Å². The van der Waals surface area contributed by atoms with E-state index in [2.05, 4.69) is 33.5 Å². The molecule has 4 rings (SSSR count). The summed E-state index contributed by atoms with van der Waals surface area (Å²) in [4.78, 5) is 23.1. The van der Waals surface area contributed by atoms with Crippen molar-refractivity contribution >= 4 is 17.4 Å². The van der Waals surface area contributed by atoms with E-state index in [9.17, 15) is 4.79 Å². The molecular weight excluding hydrogens is 324 g/mol. The van der Waals surface area contributed by atoms with Gasteiger partial charge >= 0.3 is 0 Å². The molecule has 5 nitrogen and oxygen atoms in total. The lowest BCUT2D eigenvalue weighted by molar-refractivity contribution is 0.0984. The molecule has 2 aromatic carbocycles. The molecule has 1 amide bonds. The van der Waals surface area contributed by atoms with Gasteiger partial charge in [0.2, 0.25) is 0 Å². The lowest BCUT2D eigenvalue weighted by atomic mass is 10.1. The van der Waals surface area contributed by atoms with Crippen LogP contribution in [0.1, 0.15) is 21.6 Å². The Morgan fingerprint density at radius 1 is 1.00 bits per heavy atom. The second-order valence-electron chi connectivity index (χ2n) is 6.28. The zero-order valence-corrected chi connectivity index (χ0v) is 14.4. The van der Waals surface area contributed by atoms with E-state index in [4.69, 9.17) is 0 Å². The number of fused-ring (bicyclic) bond motifs is 1. The number of anilines is 2. The summed E-state index contributed by atoms with van der Waals surface area (Å²) < 4.78 is 0. The van der Waals surface area contributed by atoms with Gasteiger partial charge in [-0.05, 0) is 30.0 Å². The van der Waals surface area contributed by atoms with Gasteiger partial charge in [-0.15, -0.1) is 0 Å². The average Bonchev–Trinajstić information content (AvgIpc) is 3.13. The summed E-state index contributed by atoms with van der Waals surface area (Å²) in [6.07, 6.45) is 4.97. The van der Waals surface area contributed by atoms with Crippen LogP contribution < -0.4 is 10.2 Å². The van der Waals surface area contributed by atoms with Crippen molar-refractivity contribution in [3.8, 4) is 0 Å². The number of amides is 1. The molecule has 0 fully saturated rings. The number of nitrogens with one attached hydrogen (secondary N) is 1. The second kappa shape index (κ2) is 7.35. The highest BCUT2D eigenvalue weighted by Gasteiger charge is 2.26. The molecule has 0 saturated heterocycles. The zero-order valence-electron chi connectivity index (χ0n) is 14.4. The van der Waals surface area contributed by atoms with E-state index in [0.29, 0.717) is 18.1 Å². The molecule has 1 aliphatic rings. The minimum absolute atomic E-state index is 0.0988. The predicted octanol–water partition coefficient (Wildman–Crippen LogP) is 3.33. The van der Waals surface area contributed by atoms with Crippen molar-refractivity contribution in [3.05, 3.63) is 83.8 Å². The van der Waals surface area contributed by atoms with Crippen LogP contribution in [0.4, 0.5) is 11.5 Å². The topological polar surface area (TPSA) is 58.1 Å². The summed E-state index contributed by atoms with van der Waals surface area (Å²) in [5.41, 5.74) is 3.82. The highest BCUT2D eigenvalue weighted by molar-refractivity contribution is 6.05. The molecule has 1 aliphatic heterocycles. The fourth-order valence-corrected chi connectivity index (χ4v) is 3.20. The first-order valence-corrected chi connectivity index (χ1v) is 8.81. The van der Waals surface area contributed by atoms with Crippen LogP contribution in [0.5, 0.6) is 0 Å². The molecule has 0 unspecified atom stereocenters. The minimum Gasteiger partial charge on any atom is -0.368 e. The Morgan fingerprint density at radius 3 is 2.62 bits per heavy atom. The quantitative estimate of drug-likeness (QED) is 0.771. The fraction of sp³-hybridized carbons (Fsp3) is 0.190. The van der Waals surface area contributed by atoms with Gasteiger partial charge < -0.3 is 10.2 Å².